The van der Waals surface area contributed by atoms with Crippen LogP contribution < -0.4 is 5.56 Å². The molecule has 0 aromatic carbocycles. The molecule has 2 aromatic heterocycles. The average Bonchev–Trinajstić information content (AvgIpc) is 2.48. The summed E-state index contributed by atoms with van der Waals surface area (Å²) in [6.07, 6.45) is 0. The molecule has 12 heavy (non-hydrogen) atoms. The van der Waals surface area contributed by atoms with Crippen LogP contribution in [0.2, 0.25) is 0 Å². The summed E-state index contributed by atoms with van der Waals surface area (Å²) in [6, 6.07) is 1.49. The first-order chi connectivity index (χ1) is 5.70. The molecule has 2 heterocycles. The Balaban J connectivity index is 3.07. The van der Waals surface area contributed by atoms with Crippen LogP contribution in [0.15, 0.2) is 10.9 Å². The van der Waals surface area contributed by atoms with Crippen molar-refractivity contribution in [1.82, 2.24) is 24.6 Å². The molecule has 0 saturated heterocycles. The fraction of sp³-hybridized carbons (Fsp3) is 0.333. The first kappa shape index (κ1) is 6.96. The predicted octanol–water partition coefficient (Wildman–Crippen LogP) is -0.869. The smallest absolute Gasteiger partial charge is 0.256 e. The lowest BCUT2D eigenvalue weighted by Gasteiger charge is -1.99. The highest BCUT2D eigenvalue weighted by molar-refractivity contribution is 5.26. The second-order valence-corrected chi connectivity index (χ2v) is 2.57. The number of rotatable bonds is 0. The van der Waals surface area contributed by atoms with Gasteiger partial charge in [0.2, 0.25) is 0 Å². The molecule has 0 radical (unpaired) electrons. The SMILES string of the molecule is Cc1cc(=O)n(C)c2nnnn12. The molecule has 62 valence electrons. The Morgan fingerprint density at radius 2 is 2.25 bits per heavy atom. The van der Waals surface area contributed by atoms with Crippen LogP contribution in [-0.4, -0.2) is 24.6 Å². The monoisotopic (exact) mass is 165 g/mol. The van der Waals surface area contributed by atoms with Crippen molar-refractivity contribution in [2.24, 2.45) is 7.05 Å². The number of fused-ring (bicyclic) bond motifs is 1. The number of aryl methyl sites for hydroxylation is 2. The summed E-state index contributed by atoms with van der Waals surface area (Å²) in [5.74, 6) is 0.458. The summed E-state index contributed by atoms with van der Waals surface area (Å²) in [5, 5.41) is 10.9. The van der Waals surface area contributed by atoms with Crippen LogP contribution in [-0.2, 0) is 7.05 Å². The van der Waals surface area contributed by atoms with Crippen LogP contribution in [0.5, 0.6) is 0 Å². The molecule has 0 unspecified atom stereocenters. The summed E-state index contributed by atoms with van der Waals surface area (Å²) in [7, 11) is 1.63. The van der Waals surface area contributed by atoms with Crippen LogP contribution in [0.1, 0.15) is 5.69 Å². The lowest BCUT2D eigenvalue weighted by atomic mass is 10.4. The van der Waals surface area contributed by atoms with Gasteiger partial charge in [-0.05, 0) is 17.4 Å². The number of tetrazole rings is 1. The molecule has 6 heteroatoms. The number of hydrogen-bond donors (Lipinski definition) is 0. The van der Waals surface area contributed by atoms with Gasteiger partial charge in [-0.25, -0.2) is 0 Å². The molecular formula is C6H7N5O. The van der Waals surface area contributed by atoms with E-state index in [4.69, 9.17) is 0 Å². The van der Waals surface area contributed by atoms with E-state index in [1.807, 2.05) is 0 Å². The zero-order valence-electron chi connectivity index (χ0n) is 6.72. The Morgan fingerprint density at radius 1 is 1.50 bits per heavy atom. The minimum Gasteiger partial charge on any atom is -0.279 e. The Bertz CT molecular complexity index is 482. The highest BCUT2D eigenvalue weighted by atomic mass is 16.1. The average molecular weight is 165 g/mol. The summed E-state index contributed by atoms with van der Waals surface area (Å²) >= 11 is 0. The van der Waals surface area contributed by atoms with E-state index in [1.54, 1.807) is 14.0 Å². The van der Waals surface area contributed by atoms with Crippen molar-refractivity contribution in [2.75, 3.05) is 0 Å². The van der Waals surface area contributed by atoms with Crippen LogP contribution in [0.25, 0.3) is 5.78 Å². The van der Waals surface area contributed by atoms with Crippen molar-refractivity contribution in [2.45, 2.75) is 6.92 Å². The van der Waals surface area contributed by atoms with E-state index in [0.717, 1.165) is 5.69 Å². The van der Waals surface area contributed by atoms with E-state index in [1.165, 1.54) is 15.1 Å². The fourth-order valence-corrected chi connectivity index (χ4v) is 1.06. The lowest BCUT2D eigenvalue weighted by molar-refractivity contribution is 0.769. The zero-order chi connectivity index (χ0) is 8.72. The second-order valence-electron chi connectivity index (χ2n) is 2.57. The van der Waals surface area contributed by atoms with E-state index >= 15 is 0 Å². The highest BCUT2D eigenvalue weighted by Crippen LogP contribution is 1.94. The molecule has 6 nitrogen and oxygen atoms in total. The normalized spacial score (nSPS) is 10.8. The number of nitrogens with zero attached hydrogens (tertiary/aromatic N) is 5. The first-order valence-corrected chi connectivity index (χ1v) is 3.45. The second kappa shape index (κ2) is 2.13. The summed E-state index contributed by atoms with van der Waals surface area (Å²) < 4.78 is 2.91. The molecule has 0 amide bonds. The van der Waals surface area contributed by atoms with Crippen LogP contribution in [0, 0.1) is 6.92 Å². The van der Waals surface area contributed by atoms with Gasteiger partial charge in [-0.15, -0.1) is 0 Å². The van der Waals surface area contributed by atoms with Gasteiger partial charge in [0.05, 0.1) is 5.69 Å². The standard InChI is InChI=1S/C6H7N5O/c1-4-3-5(12)10(2)6-7-8-9-11(4)6/h3H,1-2H3. The lowest BCUT2D eigenvalue weighted by Crippen LogP contribution is -2.19. The zero-order valence-corrected chi connectivity index (χ0v) is 6.72. The van der Waals surface area contributed by atoms with Gasteiger partial charge < -0.3 is 0 Å². The first-order valence-electron chi connectivity index (χ1n) is 3.45. The fourth-order valence-electron chi connectivity index (χ4n) is 1.06. The van der Waals surface area contributed by atoms with Crippen LogP contribution in [0.3, 0.4) is 0 Å². The van der Waals surface area contributed by atoms with E-state index in [-0.39, 0.29) is 5.56 Å². The topological polar surface area (TPSA) is 65.1 Å². The van der Waals surface area contributed by atoms with Crippen molar-refractivity contribution < 1.29 is 0 Å². The van der Waals surface area contributed by atoms with Crippen LogP contribution >= 0.6 is 0 Å². The third-order valence-corrected chi connectivity index (χ3v) is 1.75. The summed E-state index contributed by atoms with van der Waals surface area (Å²) in [4.78, 5) is 11.2. The van der Waals surface area contributed by atoms with Gasteiger partial charge in [-0.2, -0.15) is 4.52 Å². The van der Waals surface area contributed by atoms with Gasteiger partial charge in [0.1, 0.15) is 0 Å². The molecule has 0 bridgehead atoms. The van der Waals surface area contributed by atoms with Crippen LogP contribution in [0.4, 0.5) is 0 Å². The maximum absolute atomic E-state index is 11.2. The molecule has 0 atom stereocenters. The summed E-state index contributed by atoms with van der Waals surface area (Å²) in [6.45, 7) is 1.78. The molecule has 2 rings (SSSR count). The molecular weight excluding hydrogens is 158 g/mol. The van der Waals surface area contributed by atoms with Crippen molar-refractivity contribution in [1.29, 1.82) is 0 Å². The Kier molecular flexibility index (Phi) is 1.24. The van der Waals surface area contributed by atoms with E-state index < -0.39 is 0 Å². The molecule has 2 aromatic rings. The predicted molar refractivity (Wildman–Crippen MR) is 40.8 cm³/mol. The Hall–Kier alpha value is -1.72. The highest BCUT2D eigenvalue weighted by Gasteiger charge is 2.04. The van der Waals surface area contributed by atoms with Gasteiger partial charge in [0.15, 0.2) is 0 Å². The Labute approximate surface area is 67.4 Å². The third kappa shape index (κ3) is 0.744. The maximum Gasteiger partial charge on any atom is 0.256 e. The van der Waals surface area contributed by atoms with E-state index in [0.29, 0.717) is 5.78 Å². The molecule has 0 aliphatic rings. The maximum atomic E-state index is 11.2. The third-order valence-electron chi connectivity index (χ3n) is 1.75. The number of hydrogen-bond acceptors (Lipinski definition) is 4. The molecule has 0 aliphatic carbocycles. The van der Waals surface area contributed by atoms with Crippen molar-refractivity contribution in [3.63, 3.8) is 0 Å². The van der Waals surface area contributed by atoms with Crippen molar-refractivity contribution in [3.05, 3.63) is 22.1 Å². The quantitative estimate of drug-likeness (QED) is 0.509. The minimum absolute atomic E-state index is 0.102. The summed E-state index contributed by atoms with van der Waals surface area (Å²) in [5.41, 5.74) is 0.632. The van der Waals surface area contributed by atoms with Gasteiger partial charge >= 0.3 is 0 Å². The van der Waals surface area contributed by atoms with Crippen molar-refractivity contribution in [3.8, 4) is 0 Å². The van der Waals surface area contributed by atoms with E-state index in [9.17, 15) is 4.79 Å². The van der Waals surface area contributed by atoms with E-state index in [2.05, 4.69) is 15.5 Å². The molecule has 0 saturated carbocycles. The van der Waals surface area contributed by atoms with Gasteiger partial charge in [0, 0.05) is 13.1 Å². The Morgan fingerprint density at radius 3 is 3.00 bits per heavy atom. The van der Waals surface area contributed by atoms with Crippen molar-refractivity contribution >= 4 is 5.78 Å². The molecule has 0 fully saturated rings. The largest absolute Gasteiger partial charge is 0.279 e. The number of aromatic nitrogens is 5. The van der Waals surface area contributed by atoms with Gasteiger partial charge in [0.25, 0.3) is 11.3 Å². The minimum atomic E-state index is -0.102. The molecule has 0 N–H and O–H groups in total. The molecule has 0 spiro atoms. The van der Waals surface area contributed by atoms with Gasteiger partial charge in [-0.3, -0.25) is 9.36 Å². The molecule has 0 aliphatic heterocycles. The van der Waals surface area contributed by atoms with Gasteiger partial charge in [-0.1, -0.05) is 5.10 Å².